The fourth-order valence-electron chi connectivity index (χ4n) is 9.02. The molecule has 0 radical (unpaired) electrons. The normalized spacial score (nSPS) is 13.2. The summed E-state index contributed by atoms with van der Waals surface area (Å²) in [5, 5.41) is 2.21. The second-order valence-corrected chi connectivity index (χ2v) is 15.9. The van der Waals surface area contributed by atoms with Crippen LogP contribution in [0.5, 0.6) is 23.0 Å². The van der Waals surface area contributed by atoms with E-state index >= 15 is 0 Å². The third-order valence-electron chi connectivity index (χ3n) is 12.0. The number of para-hydroxylation sites is 3. The van der Waals surface area contributed by atoms with E-state index in [0.29, 0.717) is 34.7 Å². The van der Waals surface area contributed by atoms with E-state index in [2.05, 4.69) is 111 Å². The van der Waals surface area contributed by atoms with Gasteiger partial charge in [-0.1, -0.05) is 166 Å². The fourth-order valence-corrected chi connectivity index (χ4v) is 9.02. The van der Waals surface area contributed by atoms with Crippen molar-refractivity contribution in [2.75, 3.05) is 0 Å². The molecule has 2 aromatic heterocycles. The van der Waals surface area contributed by atoms with Gasteiger partial charge in [0.15, 0.2) is 40.5 Å². The van der Waals surface area contributed by atoms with Gasteiger partial charge >= 0.3 is 0 Å². The molecule has 8 aromatic carbocycles. The molecular weight excluding hydrogens is 739 g/mol. The number of aromatic nitrogens is 3. The number of nitrogens with zero attached hydrogens (tertiary/aromatic N) is 3. The van der Waals surface area contributed by atoms with E-state index in [1.165, 1.54) is 16.7 Å². The Kier molecular flexibility index (Phi) is 7.47. The van der Waals surface area contributed by atoms with Gasteiger partial charge in [0.05, 0.1) is 0 Å². The van der Waals surface area contributed by atoms with E-state index in [4.69, 9.17) is 28.8 Å². The molecule has 3 heterocycles. The summed E-state index contributed by atoms with van der Waals surface area (Å²) < 4.78 is 19.9. The molecular formula is C54H35N3O3. The highest BCUT2D eigenvalue weighted by atomic mass is 16.6. The minimum absolute atomic E-state index is 0.142. The molecule has 6 heteroatoms. The average Bonchev–Trinajstić information content (AvgIpc) is 3.80. The predicted octanol–water partition coefficient (Wildman–Crippen LogP) is 14.3. The van der Waals surface area contributed by atoms with Crippen molar-refractivity contribution in [2.45, 2.75) is 19.3 Å². The van der Waals surface area contributed by atoms with Crippen LogP contribution in [0.15, 0.2) is 180 Å². The Bertz CT molecular complexity index is 3350. The molecule has 1 aliphatic heterocycles. The lowest BCUT2D eigenvalue weighted by Crippen LogP contribution is -2.15. The van der Waals surface area contributed by atoms with Crippen LogP contribution in [-0.2, 0) is 5.41 Å². The number of ether oxygens (including phenoxy) is 2. The van der Waals surface area contributed by atoms with Crippen molar-refractivity contribution in [3.63, 3.8) is 0 Å². The third kappa shape index (κ3) is 5.31. The molecule has 0 amide bonds. The third-order valence-corrected chi connectivity index (χ3v) is 12.0. The molecule has 12 rings (SSSR count). The SMILES string of the molecule is CC1(C)c2ccccc2-c2c1ccc1c2Oc2cccc(-c3cccc(-c4nc(-c5ccccc5)nc(-c5ccc(-c6cccc7c6oc6ccccc67)cc5)n4)c3)c2O1. The highest BCUT2D eigenvalue weighted by molar-refractivity contribution is 6.09. The van der Waals surface area contributed by atoms with Gasteiger partial charge in [0, 0.05) is 49.6 Å². The molecule has 1 aliphatic carbocycles. The quantitative estimate of drug-likeness (QED) is 0.173. The van der Waals surface area contributed by atoms with Crippen LogP contribution in [0.3, 0.4) is 0 Å². The zero-order valence-electron chi connectivity index (χ0n) is 32.8. The molecule has 0 atom stereocenters. The van der Waals surface area contributed by atoms with Gasteiger partial charge in [-0.3, -0.25) is 0 Å². The Hall–Kier alpha value is -7.83. The van der Waals surface area contributed by atoms with Gasteiger partial charge in [0.2, 0.25) is 0 Å². The van der Waals surface area contributed by atoms with Crippen LogP contribution in [0.4, 0.5) is 0 Å². The molecule has 6 nitrogen and oxygen atoms in total. The van der Waals surface area contributed by atoms with Crippen molar-refractivity contribution in [1.82, 2.24) is 15.0 Å². The zero-order valence-corrected chi connectivity index (χ0v) is 32.8. The van der Waals surface area contributed by atoms with Crippen molar-refractivity contribution >= 4 is 21.9 Å². The Labute approximate surface area is 346 Å². The summed E-state index contributed by atoms with van der Waals surface area (Å²) in [6.45, 7) is 4.54. The number of benzene rings is 8. The zero-order chi connectivity index (χ0) is 40.0. The maximum atomic E-state index is 6.79. The maximum Gasteiger partial charge on any atom is 0.178 e. The topological polar surface area (TPSA) is 70.3 Å². The first kappa shape index (κ1) is 34.2. The first-order valence-electron chi connectivity index (χ1n) is 20.2. The highest BCUT2D eigenvalue weighted by Crippen LogP contribution is 2.59. The number of fused-ring (bicyclic) bond motifs is 9. The van der Waals surface area contributed by atoms with Crippen LogP contribution in [-0.4, -0.2) is 15.0 Å². The van der Waals surface area contributed by atoms with E-state index in [1.807, 2.05) is 78.9 Å². The van der Waals surface area contributed by atoms with Gasteiger partial charge in [0.1, 0.15) is 11.2 Å². The highest BCUT2D eigenvalue weighted by Gasteiger charge is 2.39. The summed E-state index contributed by atoms with van der Waals surface area (Å²) in [6.07, 6.45) is 0. The minimum atomic E-state index is -0.142. The molecule has 10 aromatic rings. The summed E-state index contributed by atoms with van der Waals surface area (Å²) in [6, 6.07) is 60.0. The first-order chi connectivity index (χ1) is 29.5. The molecule has 0 N–H and O–H groups in total. The minimum Gasteiger partial charge on any atom is -0.455 e. The Morgan fingerprint density at radius 1 is 0.400 bits per heavy atom. The molecule has 0 saturated carbocycles. The van der Waals surface area contributed by atoms with Crippen molar-refractivity contribution in [3.8, 4) is 90.5 Å². The van der Waals surface area contributed by atoms with Crippen LogP contribution < -0.4 is 9.47 Å². The van der Waals surface area contributed by atoms with E-state index in [-0.39, 0.29) is 5.41 Å². The van der Waals surface area contributed by atoms with Crippen LogP contribution >= 0.6 is 0 Å². The number of furan rings is 1. The van der Waals surface area contributed by atoms with E-state index < -0.39 is 0 Å². The molecule has 0 unspecified atom stereocenters. The van der Waals surface area contributed by atoms with Gasteiger partial charge in [0.25, 0.3) is 0 Å². The van der Waals surface area contributed by atoms with Gasteiger partial charge in [-0.2, -0.15) is 0 Å². The second kappa shape index (κ2) is 13.1. The molecule has 284 valence electrons. The molecule has 60 heavy (non-hydrogen) atoms. The Balaban J connectivity index is 0.920. The fraction of sp³-hybridized carbons (Fsp3) is 0.0556. The molecule has 0 spiro atoms. The average molecular weight is 774 g/mol. The summed E-state index contributed by atoms with van der Waals surface area (Å²) >= 11 is 0. The number of hydrogen-bond donors (Lipinski definition) is 0. The van der Waals surface area contributed by atoms with E-state index in [0.717, 1.165) is 72.2 Å². The van der Waals surface area contributed by atoms with Gasteiger partial charge in [-0.15, -0.1) is 0 Å². The van der Waals surface area contributed by atoms with Crippen molar-refractivity contribution < 1.29 is 13.9 Å². The molecule has 0 bridgehead atoms. The van der Waals surface area contributed by atoms with Crippen LogP contribution in [0.2, 0.25) is 0 Å². The van der Waals surface area contributed by atoms with Crippen LogP contribution in [0.1, 0.15) is 25.0 Å². The van der Waals surface area contributed by atoms with Crippen LogP contribution in [0, 0.1) is 0 Å². The largest absolute Gasteiger partial charge is 0.455 e. The van der Waals surface area contributed by atoms with Crippen molar-refractivity contribution in [2.24, 2.45) is 0 Å². The predicted molar refractivity (Wildman–Crippen MR) is 238 cm³/mol. The monoisotopic (exact) mass is 773 g/mol. The summed E-state index contributed by atoms with van der Waals surface area (Å²) in [5.41, 5.74) is 13.0. The number of rotatable bonds is 5. The molecule has 0 saturated heterocycles. The van der Waals surface area contributed by atoms with E-state index in [9.17, 15) is 0 Å². The van der Waals surface area contributed by atoms with Gasteiger partial charge in [-0.25, -0.2) is 15.0 Å². The van der Waals surface area contributed by atoms with Crippen molar-refractivity contribution in [1.29, 1.82) is 0 Å². The Morgan fingerprint density at radius 2 is 0.983 bits per heavy atom. The van der Waals surface area contributed by atoms with E-state index in [1.54, 1.807) is 0 Å². The maximum absolute atomic E-state index is 6.79. The summed E-state index contributed by atoms with van der Waals surface area (Å²) in [4.78, 5) is 15.2. The summed E-state index contributed by atoms with van der Waals surface area (Å²) in [7, 11) is 0. The molecule has 0 fully saturated rings. The lowest BCUT2D eigenvalue weighted by atomic mass is 9.82. The first-order valence-corrected chi connectivity index (χ1v) is 20.2. The van der Waals surface area contributed by atoms with Crippen LogP contribution in [0.25, 0.3) is 89.5 Å². The summed E-state index contributed by atoms with van der Waals surface area (Å²) in [5.74, 6) is 4.56. The Morgan fingerprint density at radius 3 is 1.83 bits per heavy atom. The lowest BCUT2D eigenvalue weighted by Gasteiger charge is -2.26. The standard InChI is InChI=1S/C54H35N3O3/c1-54(2)42-22-8-6-18-41(42)47-43(54)29-30-46-50(47)60-45-24-12-20-38(49(45)59-46)35-15-10-16-36(31-35)53-56-51(33-13-4-3-5-14-33)55-52(57-53)34-27-25-32(26-28-34)37-19-11-21-40-39-17-7-9-23-44(39)58-48(37)40/h3-31H,1-2H3. The molecule has 2 aliphatic rings. The lowest BCUT2D eigenvalue weighted by molar-refractivity contribution is 0.361. The number of hydrogen-bond acceptors (Lipinski definition) is 6. The smallest absolute Gasteiger partial charge is 0.178 e. The van der Waals surface area contributed by atoms with Gasteiger partial charge in [-0.05, 0) is 52.1 Å². The van der Waals surface area contributed by atoms with Gasteiger partial charge < -0.3 is 13.9 Å². The second-order valence-electron chi connectivity index (χ2n) is 15.9. The van der Waals surface area contributed by atoms with Crippen molar-refractivity contribution in [3.05, 3.63) is 187 Å².